The SMILES string of the molecule is CCCc1nc2c(C)c(C)cnc2n1-c1ccc(-c2ccccc2C#N)cc1. The fourth-order valence-corrected chi connectivity index (χ4v) is 3.55. The molecule has 0 saturated carbocycles. The van der Waals surface area contributed by atoms with Crippen molar-refractivity contribution in [1.82, 2.24) is 14.5 Å². The Morgan fingerprint density at radius 2 is 1.79 bits per heavy atom. The molecule has 4 rings (SSSR count). The van der Waals surface area contributed by atoms with E-state index in [-0.39, 0.29) is 0 Å². The fourth-order valence-electron chi connectivity index (χ4n) is 3.55. The highest BCUT2D eigenvalue weighted by Gasteiger charge is 2.16. The molecule has 2 aromatic carbocycles. The van der Waals surface area contributed by atoms with E-state index in [1.165, 1.54) is 5.56 Å². The van der Waals surface area contributed by atoms with Crippen molar-refractivity contribution in [1.29, 1.82) is 5.26 Å². The summed E-state index contributed by atoms with van der Waals surface area (Å²) in [7, 11) is 0. The van der Waals surface area contributed by atoms with Gasteiger partial charge in [0.05, 0.1) is 11.6 Å². The lowest BCUT2D eigenvalue weighted by Crippen LogP contribution is -2.02. The normalized spacial score (nSPS) is 10.9. The number of hydrogen-bond acceptors (Lipinski definition) is 3. The zero-order valence-corrected chi connectivity index (χ0v) is 16.4. The summed E-state index contributed by atoms with van der Waals surface area (Å²) >= 11 is 0. The molecule has 0 unspecified atom stereocenters. The van der Waals surface area contributed by atoms with E-state index in [0.29, 0.717) is 5.56 Å². The third kappa shape index (κ3) is 2.95. The molecule has 4 aromatic rings. The first kappa shape index (κ1) is 17.9. The Labute approximate surface area is 165 Å². The molecule has 0 spiro atoms. The molecule has 0 bridgehead atoms. The first-order valence-corrected chi connectivity index (χ1v) is 9.57. The van der Waals surface area contributed by atoms with Crippen LogP contribution in [0.3, 0.4) is 0 Å². The van der Waals surface area contributed by atoms with Gasteiger partial charge in [0.1, 0.15) is 11.3 Å². The van der Waals surface area contributed by atoms with Crippen LogP contribution in [0.2, 0.25) is 0 Å². The van der Waals surface area contributed by atoms with Gasteiger partial charge < -0.3 is 0 Å². The second kappa shape index (κ2) is 7.28. The van der Waals surface area contributed by atoms with Gasteiger partial charge in [-0.15, -0.1) is 0 Å². The number of hydrogen-bond donors (Lipinski definition) is 0. The number of fused-ring (bicyclic) bond motifs is 1. The summed E-state index contributed by atoms with van der Waals surface area (Å²) in [5, 5.41) is 9.38. The van der Waals surface area contributed by atoms with Crippen LogP contribution in [0.1, 0.15) is 35.9 Å². The fraction of sp³-hybridized carbons (Fsp3) is 0.208. The predicted octanol–water partition coefficient (Wildman–Crippen LogP) is 5.53. The van der Waals surface area contributed by atoms with E-state index < -0.39 is 0 Å². The Kier molecular flexibility index (Phi) is 4.67. The van der Waals surface area contributed by atoms with Gasteiger partial charge in [-0.1, -0.05) is 37.3 Å². The van der Waals surface area contributed by atoms with Crippen molar-refractivity contribution in [3.05, 3.63) is 77.2 Å². The van der Waals surface area contributed by atoms with Crippen molar-refractivity contribution in [2.45, 2.75) is 33.6 Å². The number of pyridine rings is 1. The van der Waals surface area contributed by atoms with Crippen molar-refractivity contribution >= 4 is 11.2 Å². The van der Waals surface area contributed by atoms with Crippen LogP contribution in [0.5, 0.6) is 0 Å². The Balaban J connectivity index is 1.86. The van der Waals surface area contributed by atoms with Crippen LogP contribution in [0.4, 0.5) is 0 Å². The third-order valence-electron chi connectivity index (χ3n) is 5.21. The van der Waals surface area contributed by atoms with Gasteiger partial charge >= 0.3 is 0 Å². The highest BCUT2D eigenvalue weighted by atomic mass is 15.1. The second-order valence-electron chi connectivity index (χ2n) is 7.06. The number of aryl methyl sites for hydroxylation is 3. The lowest BCUT2D eigenvalue weighted by Gasteiger charge is -2.10. The van der Waals surface area contributed by atoms with Crippen molar-refractivity contribution in [3.63, 3.8) is 0 Å². The van der Waals surface area contributed by atoms with E-state index in [1.807, 2.05) is 30.5 Å². The molecule has 0 amide bonds. The van der Waals surface area contributed by atoms with Gasteiger partial charge in [-0.3, -0.25) is 4.57 Å². The molecule has 0 aliphatic rings. The number of rotatable bonds is 4. The van der Waals surface area contributed by atoms with Crippen LogP contribution in [0, 0.1) is 25.2 Å². The molecule has 0 aliphatic carbocycles. The molecule has 0 aliphatic heterocycles. The summed E-state index contributed by atoms with van der Waals surface area (Å²) in [4.78, 5) is 9.59. The lowest BCUT2D eigenvalue weighted by atomic mass is 10.0. The Bertz CT molecular complexity index is 1190. The molecule has 4 heteroatoms. The Morgan fingerprint density at radius 3 is 2.50 bits per heavy atom. The highest BCUT2D eigenvalue weighted by Crippen LogP contribution is 2.28. The van der Waals surface area contributed by atoms with Gasteiger partial charge in [-0.25, -0.2) is 9.97 Å². The van der Waals surface area contributed by atoms with E-state index in [4.69, 9.17) is 4.98 Å². The molecule has 0 radical (unpaired) electrons. The maximum Gasteiger partial charge on any atom is 0.164 e. The predicted molar refractivity (Wildman–Crippen MR) is 112 cm³/mol. The molecular weight excluding hydrogens is 344 g/mol. The standard InChI is InChI=1S/C24H22N4/c1-4-7-22-27-23-17(3)16(2)15-26-24(23)28(22)20-12-10-18(11-13-20)21-9-6-5-8-19(21)14-25/h5-6,8-13,15H,4,7H2,1-3H3. The van der Waals surface area contributed by atoms with Gasteiger partial charge in [0.25, 0.3) is 0 Å². The van der Waals surface area contributed by atoms with Crippen molar-refractivity contribution in [2.24, 2.45) is 0 Å². The summed E-state index contributed by atoms with van der Waals surface area (Å²) in [6.07, 6.45) is 3.84. The van der Waals surface area contributed by atoms with Gasteiger partial charge in [-0.2, -0.15) is 5.26 Å². The number of nitriles is 1. The van der Waals surface area contributed by atoms with Crippen molar-refractivity contribution in [3.8, 4) is 22.9 Å². The largest absolute Gasteiger partial charge is 0.281 e. The van der Waals surface area contributed by atoms with Crippen LogP contribution in [-0.4, -0.2) is 14.5 Å². The molecule has 4 nitrogen and oxygen atoms in total. The highest BCUT2D eigenvalue weighted by molar-refractivity contribution is 5.79. The summed E-state index contributed by atoms with van der Waals surface area (Å²) in [5.74, 6) is 1.03. The summed E-state index contributed by atoms with van der Waals surface area (Å²) in [6, 6.07) is 18.2. The zero-order valence-electron chi connectivity index (χ0n) is 16.4. The van der Waals surface area contributed by atoms with E-state index >= 15 is 0 Å². The average Bonchev–Trinajstić information content (AvgIpc) is 3.10. The maximum absolute atomic E-state index is 9.38. The molecule has 0 fully saturated rings. The van der Waals surface area contributed by atoms with Gasteiger partial charge in [0.15, 0.2) is 5.65 Å². The minimum Gasteiger partial charge on any atom is -0.281 e. The van der Waals surface area contributed by atoms with Crippen LogP contribution in [-0.2, 0) is 6.42 Å². The van der Waals surface area contributed by atoms with Crippen LogP contribution in [0.25, 0.3) is 28.0 Å². The Hall–Kier alpha value is -3.45. The molecule has 0 saturated heterocycles. The van der Waals surface area contributed by atoms with Gasteiger partial charge in [0, 0.05) is 18.3 Å². The zero-order chi connectivity index (χ0) is 19.7. The minimum atomic E-state index is 0.683. The number of nitrogens with zero attached hydrogens (tertiary/aromatic N) is 4. The lowest BCUT2D eigenvalue weighted by molar-refractivity contribution is 0.815. The minimum absolute atomic E-state index is 0.683. The molecule has 2 heterocycles. The summed E-state index contributed by atoms with van der Waals surface area (Å²) in [6.45, 7) is 6.34. The first-order valence-electron chi connectivity index (χ1n) is 9.57. The number of aromatic nitrogens is 3. The summed E-state index contributed by atoms with van der Waals surface area (Å²) < 4.78 is 2.16. The van der Waals surface area contributed by atoms with Crippen LogP contribution < -0.4 is 0 Å². The van der Waals surface area contributed by atoms with E-state index in [9.17, 15) is 5.26 Å². The second-order valence-corrected chi connectivity index (χ2v) is 7.06. The quantitative estimate of drug-likeness (QED) is 0.477. The molecule has 0 atom stereocenters. The molecule has 138 valence electrons. The molecular formula is C24H22N4. The molecule has 0 N–H and O–H groups in total. The smallest absolute Gasteiger partial charge is 0.164 e. The topological polar surface area (TPSA) is 54.5 Å². The maximum atomic E-state index is 9.38. The summed E-state index contributed by atoms with van der Waals surface area (Å²) in [5.41, 5.74) is 7.92. The van der Waals surface area contributed by atoms with Crippen LogP contribution >= 0.6 is 0 Å². The first-order chi connectivity index (χ1) is 13.6. The Morgan fingerprint density at radius 1 is 1.04 bits per heavy atom. The van der Waals surface area contributed by atoms with Crippen molar-refractivity contribution < 1.29 is 0 Å². The third-order valence-corrected chi connectivity index (χ3v) is 5.21. The molecule has 28 heavy (non-hydrogen) atoms. The van der Waals surface area contributed by atoms with E-state index in [1.54, 1.807) is 0 Å². The molecule has 2 aromatic heterocycles. The van der Waals surface area contributed by atoms with E-state index in [2.05, 4.69) is 60.7 Å². The van der Waals surface area contributed by atoms with Gasteiger partial charge in [0.2, 0.25) is 0 Å². The van der Waals surface area contributed by atoms with Crippen molar-refractivity contribution in [2.75, 3.05) is 0 Å². The van der Waals surface area contributed by atoms with E-state index in [0.717, 1.165) is 52.2 Å². The average molecular weight is 366 g/mol. The van der Waals surface area contributed by atoms with Crippen LogP contribution in [0.15, 0.2) is 54.7 Å². The number of imidazole rings is 1. The monoisotopic (exact) mass is 366 g/mol. The number of benzene rings is 2. The van der Waals surface area contributed by atoms with Gasteiger partial charge in [-0.05, 0) is 60.7 Å².